The van der Waals surface area contributed by atoms with Crippen molar-refractivity contribution < 1.29 is 18.3 Å². The average molecular weight is 377 g/mol. The van der Waals surface area contributed by atoms with Crippen LogP contribution in [-0.2, 0) is 0 Å². The molecule has 2 aliphatic heterocycles. The number of ether oxygens (including phenoxy) is 1. The number of rotatable bonds is 4. The molecule has 2 aromatic rings. The van der Waals surface area contributed by atoms with Crippen LogP contribution in [0.1, 0.15) is 29.0 Å². The number of likely N-dealkylation sites (N-methyl/N-ethyl adjacent to an activating group) is 1. The predicted molar refractivity (Wildman–Crippen MR) is 93.2 cm³/mol. The number of hydrogen-bond acceptors (Lipinski definition) is 5. The lowest BCUT2D eigenvalue weighted by molar-refractivity contribution is -0.0498. The van der Waals surface area contributed by atoms with E-state index in [1.807, 2.05) is 4.90 Å². The maximum atomic E-state index is 13.1. The number of aromatic nitrogens is 3. The summed E-state index contributed by atoms with van der Waals surface area (Å²) in [5.74, 6) is -0.0196. The zero-order valence-corrected chi connectivity index (χ0v) is 15.2. The molecule has 2 unspecified atom stereocenters. The molecule has 1 aromatic heterocycles. The topological polar surface area (TPSA) is 63.5 Å². The summed E-state index contributed by atoms with van der Waals surface area (Å²) in [4.78, 5) is 17.3. The Morgan fingerprint density at radius 2 is 1.81 bits per heavy atom. The fourth-order valence-corrected chi connectivity index (χ4v) is 4.11. The van der Waals surface area contributed by atoms with Crippen molar-refractivity contribution in [2.75, 3.05) is 20.1 Å². The number of piperazine rings is 1. The molecule has 0 N–H and O–H groups in total. The first-order valence-electron chi connectivity index (χ1n) is 8.93. The van der Waals surface area contributed by atoms with Crippen LogP contribution < -0.4 is 4.74 Å². The van der Waals surface area contributed by atoms with E-state index in [-0.39, 0.29) is 23.7 Å². The Hall–Kier alpha value is -2.55. The minimum atomic E-state index is -2.87. The number of carbonyl (C=O) groups is 1. The van der Waals surface area contributed by atoms with Gasteiger partial charge in [0.25, 0.3) is 5.91 Å². The van der Waals surface area contributed by atoms with Crippen LogP contribution in [0.4, 0.5) is 8.78 Å². The van der Waals surface area contributed by atoms with Gasteiger partial charge in [-0.25, -0.2) is 4.68 Å². The molecule has 27 heavy (non-hydrogen) atoms. The molecule has 1 amide bonds. The maximum Gasteiger partial charge on any atom is 0.387 e. The van der Waals surface area contributed by atoms with Crippen molar-refractivity contribution in [3.63, 3.8) is 0 Å². The molecule has 0 spiro atoms. The van der Waals surface area contributed by atoms with E-state index in [0.29, 0.717) is 17.1 Å². The highest BCUT2D eigenvalue weighted by atomic mass is 19.3. The van der Waals surface area contributed by atoms with Crippen molar-refractivity contribution in [3.05, 3.63) is 35.7 Å². The number of alkyl halides is 2. The third kappa shape index (κ3) is 3.27. The number of halogens is 2. The van der Waals surface area contributed by atoms with Crippen molar-refractivity contribution in [1.82, 2.24) is 24.8 Å². The van der Waals surface area contributed by atoms with Crippen molar-refractivity contribution in [2.24, 2.45) is 0 Å². The first-order chi connectivity index (χ1) is 12.9. The number of carbonyl (C=O) groups excluding carboxylic acids is 1. The lowest BCUT2D eigenvalue weighted by Crippen LogP contribution is -2.54. The summed E-state index contributed by atoms with van der Waals surface area (Å²) in [6.45, 7) is 0.670. The van der Waals surface area contributed by atoms with Gasteiger partial charge in [-0.3, -0.25) is 4.79 Å². The molecule has 0 radical (unpaired) electrons. The number of amides is 1. The number of nitrogens with zero attached hydrogens (tertiary/aromatic N) is 5. The molecular weight excluding hydrogens is 356 g/mol. The molecule has 2 atom stereocenters. The van der Waals surface area contributed by atoms with Crippen LogP contribution >= 0.6 is 0 Å². The van der Waals surface area contributed by atoms with Gasteiger partial charge in [0.2, 0.25) is 0 Å². The number of benzene rings is 1. The molecule has 2 aliphatic rings. The van der Waals surface area contributed by atoms with Gasteiger partial charge >= 0.3 is 6.61 Å². The van der Waals surface area contributed by atoms with Gasteiger partial charge < -0.3 is 14.5 Å². The molecule has 3 heterocycles. The van der Waals surface area contributed by atoms with Crippen molar-refractivity contribution in [2.45, 2.75) is 38.5 Å². The van der Waals surface area contributed by atoms with E-state index in [9.17, 15) is 13.6 Å². The average Bonchev–Trinajstić information content (AvgIpc) is 3.13. The van der Waals surface area contributed by atoms with Gasteiger partial charge in [-0.1, -0.05) is 5.21 Å². The smallest absolute Gasteiger partial charge is 0.387 e. The van der Waals surface area contributed by atoms with Crippen LogP contribution in [0.2, 0.25) is 0 Å². The quantitative estimate of drug-likeness (QED) is 0.817. The molecule has 4 rings (SSSR count). The van der Waals surface area contributed by atoms with E-state index in [1.165, 1.54) is 16.8 Å². The SMILES string of the molecule is Cc1c(C(=O)N2C3CCC2CN(C)C3)nnn1-c1ccc(OC(F)F)cc1. The second kappa shape index (κ2) is 6.88. The van der Waals surface area contributed by atoms with Crippen LogP contribution in [0.15, 0.2) is 24.3 Å². The molecule has 0 aliphatic carbocycles. The van der Waals surface area contributed by atoms with Gasteiger partial charge in [0.1, 0.15) is 5.75 Å². The highest BCUT2D eigenvalue weighted by Gasteiger charge is 2.43. The fourth-order valence-electron chi connectivity index (χ4n) is 4.11. The summed E-state index contributed by atoms with van der Waals surface area (Å²) in [5, 5.41) is 8.21. The van der Waals surface area contributed by atoms with Crippen molar-refractivity contribution in [1.29, 1.82) is 0 Å². The van der Waals surface area contributed by atoms with Gasteiger partial charge in [0.05, 0.1) is 11.4 Å². The summed E-state index contributed by atoms with van der Waals surface area (Å²) >= 11 is 0. The molecule has 1 aromatic carbocycles. The molecule has 7 nitrogen and oxygen atoms in total. The van der Waals surface area contributed by atoms with Gasteiger partial charge in [-0.2, -0.15) is 8.78 Å². The Kier molecular flexibility index (Phi) is 4.55. The van der Waals surface area contributed by atoms with E-state index in [2.05, 4.69) is 27.0 Å². The summed E-state index contributed by atoms with van der Waals surface area (Å²) in [7, 11) is 2.08. The zero-order chi connectivity index (χ0) is 19.1. The Morgan fingerprint density at radius 3 is 2.41 bits per heavy atom. The number of hydrogen-bond donors (Lipinski definition) is 0. The highest BCUT2D eigenvalue weighted by molar-refractivity contribution is 5.94. The Balaban J connectivity index is 1.56. The Labute approximate surface area is 155 Å². The van der Waals surface area contributed by atoms with Crippen molar-refractivity contribution in [3.8, 4) is 11.4 Å². The second-order valence-electron chi connectivity index (χ2n) is 7.13. The molecule has 2 bridgehead atoms. The standard InChI is InChI=1S/C18H21F2N5O2/c1-11-16(17(26)24-13-3-4-14(24)10-23(2)9-13)21-22-25(11)12-5-7-15(8-6-12)27-18(19)20/h5-8,13-14,18H,3-4,9-10H2,1-2H3. The summed E-state index contributed by atoms with van der Waals surface area (Å²) < 4.78 is 30.4. The van der Waals surface area contributed by atoms with Crippen LogP contribution in [0.5, 0.6) is 5.75 Å². The maximum absolute atomic E-state index is 13.1. The van der Waals surface area contributed by atoms with Crippen LogP contribution in [-0.4, -0.2) is 69.5 Å². The van der Waals surface area contributed by atoms with Crippen LogP contribution in [0, 0.1) is 6.92 Å². The minimum absolute atomic E-state index is 0.0665. The van der Waals surface area contributed by atoms with Gasteiger partial charge in [0, 0.05) is 25.2 Å². The first kappa shape index (κ1) is 17.8. The largest absolute Gasteiger partial charge is 0.435 e. The van der Waals surface area contributed by atoms with E-state index < -0.39 is 6.61 Å². The Bertz CT molecular complexity index is 825. The third-order valence-electron chi connectivity index (χ3n) is 5.30. The lowest BCUT2D eigenvalue weighted by atomic mass is 10.1. The van der Waals surface area contributed by atoms with Gasteiger partial charge in [-0.05, 0) is 51.1 Å². The normalized spacial score (nSPS) is 22.5. The molecule has 0 saturated carbocycles. The molecule has 2 saturated heterocycles. The van der Waals surface area contributed by atoms with Gasteiger partial charge in [0.15, 0.2) is 5.69 Å². The number of fused-ring (bicyclic) bond motifs is 2. The van der Waals surface area contributed by atoms with Gasteiger partial charge in [-0.15, -0.1) is 5.10 Å². The van der Waals surface area contributed by atoms with Crippen LogP contribution in [0.3, 0.4) is 0 Å². The molecule has 144 valence electrons. The first-order valence-corrected chi connectivity index (χ1v) is 8.93. The molecule has 9 heteroatoms. The zero-order valence-electron chi connectivity index (χ0n) is 15.2. The summed E-state index contributed by atoms with van der Waals surface area (Å²) in [6.07, 6.45) is 2.03. The summed E-state index contributed by atoms with van der Waals surface area (Å²) in [6, 6.07) is 6.52. The predicted octanol–water partition coefficient (Wildman–Crippen LogP) is 2.10. The lowest BCUT2D eigenvalue weighted by Gasteiger charge is -2.39. The van der Waals surface area contributed by atoms with E-state index in [0.717, 1.165) is 25.9 Å². The van der Waals surface area contributed by atoms with E-state index in [1.54, 1.807) is 19.1 Å². The molecular formula is C18H21F2N5O2. The van der Waals surface area contributed by atoms with E-state index >= 15 is 0 Å². The molecule has 2 fully saturated rings. The van der Waals surface area contributed by atoms with Crippen LogP contribution in [0.25, 0.3) is 5.69 Å². The fraction of sp³-hybridized carbons (Fsp3) is 0.500. The second-order valence-corrected chi connectivity index (χ2v) is 7.13. The highest BCUT2D eigenvalue weighted by Crippen LogP contribution is 2.31. The minimum Gasteiger partial charge on any atom is -0.435 e. The Morgan fingerprint density at radius 1 is 1.19 bits per heavy atom. The van der Waals surface area contributed by atoms with E-state index in [4.69, 9.17) is 0 Å². The summed E-state index contributed by atoms with van der Waals surface area (Å²) in [5.41, 5.74) is 1.59. The monoisotopic (exact) mass is 377 g/mol. The van der Waals surface area contributed by atoms with Crippen molar-refractivity contribution >= 4 is 5.91 Å². The number of likely N-dealkylation sites (tertiary alicyclic amines) is 1. The third-order valence-corrected chi connectivity index (χ3v) is 5.30.